The van der Waals surface area contributed by atoms with E-state index in [2.05, 4.69) is 4.98 Å². The van der Waals surface area contributed by atoms with Crippen LogP contribution in [0.25, 0.3) is 11.0 Å². The van der Waals surface area contributed by atoms with Crippen LogP contribution in [0.4, 0.5) is 0 Å². The van der Waals surface area contributed by atoms with E-state index < -0.39 is 17.1 Å². The number of hydrogen-bond acceptors (Lipinski definition) is 4. The van der Waals surface area contributed by atoms with Crippen LogP contribution in [0.3, 0.4) is 0 Å². The van der Waals surface area contributed by atoms with Crippen molar-refractivity contribution < 1.29 is 9.90 Å². The van der Waals surface area contributed by atoms with Crippen molar-refractivity contribution in [2.45, 2.75) is 13.0 Å². The van der Waals surface area contributed by atoms with E-state index in [1.165, 1.54) is 22.8 Å². The molecule has 0 saturated carbocycles. The van der Waals surface area contributed by atoms with Gasteiger partial charge in [-0.2, -0.15) is 0 Å². The van der Waals surface area contributed by atoms with Gasteiger partial charge in [-0.25, -0.2) is 4.79 Å². The Kier molecular flexibility index (Phi) is 3.95. The van der Waals surface area contributed by atoms with Gasteiger partial charge in [0.15, 0.2) is 0 Å². The van der Waals surface area contributed by atoms with Gasteiger partial charge in [0.05, 0.1) is 16.6 Å². The lowest BCUT2D eigenvalue weighted by Crippen LogP contribution is -2.40. The molecule has 2 N–H and O–H groups in total. The molecule has 0 bridgehead atoms. The zero-order valence-electron chi connectivity index (χ0n) is 12.1. The molecule has 0 aliphatic rings. The molecule has 0 saturated heterocycles. The smallest absolute Gasteiger partial charge is 0.335 e. The monoisotopic (exact) mass is 291 g/mol. The van der Waals surface area contributed by atoms with E-state index in [0.717, 1.165) is 0 Å². The Bertz CT molecular complexity index is 804. The maximum Gasteiger partial charge on any atom is 0.335 e. The number of fused-ring (bicyclic) bond motifs is 1. The fraction of sp³-hybridized carbons (Fsp3) is 0.357. The van der Waals surface area contributed by atoms with Gasteiger partial charge in [0.2, 0.25) is 0 Å². The third-order valence-electron chi connectivity index (χ3n) is 3.24. The molecular formula is C14H17N3O4. The van der Waals surface area contributed by atoms with Gasteiger partial charge in [-0.15, -0.1) is 0 Å². The standard InChI is InChI=1S/C14H17N3O4/c1-8(7-16(2)3)17-11-6-9(14(20)21)4-5-10(11)15-12(18)13(17)19/h4-6,8H,7H2,1-3H3,(H,15,18)(H,20,21). The summed E-state index contributed by atoms with van der Waals surface area (Å²) in [4.78, 5) is 39.3. The van der Waals surface area contributed by atoms with Gasteiger partial charge in [-0.05, 0) is 39.2 Å². The minimum absolute atomic E-state index is 0.0692. The van der Waals surface area contributed by atoms with Crippen molar-refractivity contribution >= 4 is 17.0 Å². The first-order chi connectivity index (χ1) is 9.81. The lowest BCUT2D eigenvalue weighted by molar-refractivity contribution is 0.0697. The Morgan fingerprint density at radius 3 is 2.62 bits per heavy atom. The number of likely N-dealkylation sites (N-methyl/N-ethyl adjacent to an activating group) is 1. The molecule has 1 aromatic heterocycles. The Balaban J connectivity index is 2.78. The number of H-pyrrole nitrogens is 1. The molecule has 0 amide bonds. The summed E-state index contributed by atoms with van der Waals surface area (Å²) < 4.78 is 1.35. The van der Waals surface area contributed by atoms with E-state index in [1.807, 2.05) is 25.9 Å². The molecule has 7 nitrogen and oxygen atoms in total. The summed E-state index contributed by atoms with van der Waals surface area (Å²) >= 11 is 0. The number of aromatic nitrogens is 2. The highest BCUT2D eigenvalue weighted by atomic mass is 16.4. The third kappa shape index (κ3) is 2.87. The van der Waals surface area contributed by atoms with Crippen molar-refractivity contribution in [1.82, 2.24) is 14.5 Å². The highest BCUT2D eigenvalue weighted by Crippen LogP contribution is 2.16. The second kappa shape index (κ2) is 5.53. The van der Waals surface area contributed by atoms with Crippen LogP contribution in [0.15, 0.2) is 27.8 Å². The van der Waals surface area contributed by atoms with Gasteiger partial charge < -0.3 is 15.0 Å². The fourth-order valence-corrected chi connectivity index (χ4v) is 2.41. The van der Waals surface area contributed by atoms with E-state index in [0.29, 0.717) is 17.6 Å². The minimum Gasteiger partial charge on any atom is -0.478 e. The molecule has 0 fully saturated rings. The van der Waals surface area contributed by atoms with E-state index in [9.17, 15) is 14.4 Å². The molecule has 0 spiro atoms. The first-order valence-corrected chi connectivity index (χ1v) is 6.48. The SMILES string of the molecule is CC(CN(C)C)n1c(=O)c(=O)[nH]c2ccc(C(=O)O)cc21. The van der Waals surface area contributed by atoms with E-state index in [4.69, 9.17) is 5.11 Å². The van der Waals surface area contributed by atoms with Crippen molar-refractivity contribution in [3.63, 3.8) is 0 Å². The Labute approximate surface area is 120 Å². The second-order valence-electron chi connectivity index (χ2n) is 5.28. The van der Waals surface area contributed by atoms with Crippen LogP contribution < -0.4 is 11.1 Å². The average Bonchev–Trinajstić information content (AvgIpc) is 2.38. The molecule has 2 aromatic rings. The van der Waals surface area contributed by atoms with Crippen molar-refractivity contribution in [2.24, 2.45) is 0 Å². The van der Waals surface area contributed by atoms with Crippen LogP contribution in [0.5, 0.6) is 0 Å². The normalized spacial score (nSPS) is 12.8. The van der Waals surface area contributed by atoms with Crippen LogP contribution in [0.1, 0.15) is 23.3 Å². The lowest BCUT2D eigenvalue weighted by atomic mass is 10.1. The molecule has 21 heavy (non-hydrogen) atoms. The van der Waals surface area contributed by atoms with Gasteiger partial charge in [0, 0.05) is 12.6 Å². The Morgan fingerprint density at radius 1 is 1.38 bits per heavy atom. The molecular weight excluding hydrogens is 274 g/mol. The summed E-state index contributed by atoms with van der Waals surface area (Å²) in [6.07, 6.45) is 0. The highest BCUT2D eigenvalue weighted by Gasteiger charge is 2.15. The summed E-state index contributed by atoms with van der Waals surface area (Å²) in [6, 6.07) is 4.03. The summed E-state index contributed by atoms with van der Waals surface area (Å²) in [5, 5.41) is 9.08. The first-order valence-electron chi connectivity index (χ1n) is 6.48. The number of carboxylic acids is 1. The molecule has 1 aromatic carbocycles. The predicted octanol–water partition coefficient (Wildman–Crippen LogP) is 0.511. The van der Waals surface area contributed by atoms with Gasteiger partial charge in [0.1, 0.15) is 0 Å². The number of carboxylic acid groups (broad SMARTS) is 1. The quantitative estimate of drug-likeness (QED) is 0.800. The van der Waals surface area contributed by atoms with Crippen LogP contribution in [0.2, 0.25) is 0 Å². The van der Waals surface area contributed by atoms with Crippen LogP contribution >= 0.6 is 0 Å². The fourth-order valence-electron chi connectivity index (χ4n) is 2.41. The Morgan fingerprint density at radius 2 is 2.05 bits per heavy atom. The van der Waals surface area contributed by atoms with Crippen molar-refractivity contribution in [3.05, 3.63) is 44.5 Å². The third-order valence-corrected chi connectivity index (χ3v) is 3.24. The van der Waals surface area contributed by atoms with Gasteiger partial charge in [-0.1, -0.05) is 0 Å². The zero-order valence-corrected chi connectivity index (χ0v) is 12.1. The van der Waals surface area contributed by atoms with Crippen molar-refractivity contribution in [3.8, 4) is 0 Å². The average molecular weight is 291 g/mol. The summed E-state index contributed by atoms with van der Waals surface area (Å²) in [6.45, 7) is 2.36. The number of aromatic carboxylic acids is 1. The summed E-state index contributed by atoms with van der Waals surface area (Å²) in [5.41, 5.74) is -0.473. The molecule has 0 aliphatic heterocycles. The number of hydrogen-bond donors (Lipinski definition) is 2. The number of carbonyl (C=O) groups is 1. The molecule has 0 radical (unpaired) electrons. The molecule has 1 unspecified atom stereocenters. The number of benzene rings is 1. The largest absolute Gasteiger partial charge is 0.478 e. The van der Waals surface area contributed by atoms with Gasteiger partial charge in [0.25, 0.3) is 0 Å². The van der Waals surface area contributed by atoms with Crippen LogP contribution in [0, 0.1) is 0 Å². The van der Waals surface area contributed by atoms with E-state index in [-0.39, 0.29) is 11.6 Å². The van der Waals surface area contributed by atoms with E-state index >= 15 is 0 Å². The number of nitrogens with zero attached hydrogens (tertiary/aromatic N) is 2. The molecule has 1 heterocycles. The van der Waals surface area contributed by atoms with Crippen molar-refractivity contribution in [1.29, 1.82) is 0 Å². The summed E-state index contributed by atoms with van der Waals surface area (Å²) in [5.74, 6) is -1.08. The zero-order chi connectivity index (χ0) is 15.7. The minimum atomic E-state index is -1.08. The summed E-state index contributed by atoms with van der Waals surface area (Å²) in [7, 11) is 3.72. The maximum absolute atomic E-state index is 12.1. The molecule has 0 aliphatic carbocycles. The maximum atomic E-state index is 12.1. The van der Waals surface area contributed by atoms with Gasteiger partial charge >= 0.3 is 17.1 Å². The first kappa shape index (κ1) is 15.0. The molecule has 2 rings (SSSR count). The molecule has 112 valence electrons. The van der Waals surface area contributed by atoms with Crippen LogP contribution in [-0.4, -0.2) is 46.2 Å². The van der Waals surface area contributed by atoms with E-state index in [1.54, 1.807) is 0 Å². The number of nitrogens with one attached hydrogen (secondary N) is 1. The predicted molar refractivity (Wildman–Crippen MR) is 79.1 cm³/mol. The molecule has 1 atom stereocenters. The topological polar surface area (TPSA) is 95.4 Å². The molecule has 7 heteroatoms. The number of rotatable bonds is 4. The second-order valence-corrected chi connectivity index (χ2v) is 5.28. The number of aromatic amines is 1. The highest BCUT2D eigenvalue weighted by molar-refractivity contribution is 5.92. The van der Waals surface area contributed by atoms with Gasteiger partial charge in [-0.3, -0.25) is 14.2 Å². The Hall–Kier alpha value is -2.41. The lowest BCUT2D eigenvalue weighted by Gasteiger charge is -2.21. The van der Waals surface area contributed by atoms with Crippen LogP contribution in [-0.2, 0) is 0 Å². The van der Waals surface area contributed by atoms with Crippen molar-refractivity contribution in [2.75, 3.05) is 20.6 Å².